The zero-order valence-electron chi connectivity index (χ0n) is 13.1. The number of furan rings is 1. The zero-order chi connectivity index (χ0) is 16.2. The van der Waals surface area contributed by atoms with Crippen molar-refractivity contribution in [2.75, 3.05) is 6.54 Å². The second-order valence-corrected chi connectivity index (χ2v) is 6.30. The molecule has 1 aliphatic heterocycles. The van der Waals surface area contributed by atoms with Crippen LogP contribution in [0.15, 0.2) is 22.8 Å². The van der Waals surface area contributed by atoms with Gasteiger partial charge < -0.3 is 14.6 Å². The quantitative estimate of drug-likeness (QED) is 0.915. The standard InChI is InChI=1S/C17H22N2O4/c20-13-7-5-12(6-8-13)17(22)19-9-1-4-15(19)16(21)18-11-14-3-2-10-23-14/h2-3,10,12,15H,1,4-9,11H2,(H,18,21)/t15-/m0/s1. The summed E-state index contributed by atoms with van der Waals surface area (Å²) in [4.78, 5) is 38.1. The molecule has 3 rings (SSSR count). The summed E-state index contributed by atoms with van der Waals surface area (Å²) in [6, 6.07) is 3.18. The van der Waals surface area contributed by atoms with Crippen molar-refractivity contribution in [3.8, 4) is 0 Å². The minimum Gasteiger partial charge on any atom is -0.467 e. The molecule has 124 valence electrons. The van der Waals surface area contributed by atoms with Gasteiger partial charge in [-0.3, -0.25) is 14.4 Å². The highest BCUT2D eigenvalue weighted by Gasteiger charge is 2.37. The van der Waals surface area contributed by atoms with Crippen LogP contribution < -0.4 is 5.32 Å². The Bertz CT molecular complexity index is 571. The van der Waals surface area contributed by atoms with Crippen molar-refractivity contribution >= 4 is 17.6 Å². The fourth-order valence-electron chi connectivity index (χ4n) is 3.43. The molecular formula is C17H22N2O4. The van der Waals surface area contributed by atoms with E-state index in [4.69, 9.17) is 4.42 Å². The largest absolute Gasteiger partial charge is 0.467 e. The molecule has 0 aromatic carbocycles. The number of carbonyl (C=O) groups is 3. The minimum absolute atomic E-state index is 0.0353. The Kier molecular flexibility index (Phi) is 4.79. The summed E-state index contributed by atoms with van der Waals surface area (Å²) >= 11 is 0. The van der Waals surface area contributed by atoms with E-state index >= 15 is 0 Å². The third kappa shape index (κ3) is 3.63. The van der Waals surface area contributed by atoms with Gasteiger partial charge in [-0.2, -0.15) is 0 Å². The molecule has 6 heteroatoms. The molecule has 1 saturated carbocycles. The number of Topliss-reactive ketones (excluding diaryl/α,β-unsaturated/α-hetero) is 1. The van der Waals surface area contributed by atoms with Crippen molar-refractivity contribution in [2.24, 2.45) is 5.92 Å². The number of nitrogens with one attached hydrogen (secondary N) is 1. The summed E-state index contributed by atoms with van der Waals surface area (Å²) < 4.78 is 5.20. The monoisotopic (exact) mass is 318 g/mol. The van der Waals surface area contributed by atoms with Gasteiger partial charge in [0.25, 0.3) is 0 Å². The normalized spacial score (nSPS) is 22.3. The van der Waals surface area contributed by atoms with Crippen LogP contribution in [0.25, 0.3) is 0 Å². The molecule has 0 bridgehead atoms. The van der Waals surface area contributed by atoms with Crippen molar-refractivity contribution in [1.82, 2.24) is 10.2 Å². The van der Waals surface area contributed by atoms with E-state index in [2.05, 4.69) is 5.32 Å². The van der Waals surface area contributed by atoms with Crippen molar-refractivity contribution in [2.45, 2.75) is 51.1 Å². The number of carbonyl (C=O) groups excluding carboxylic acids is 3. The number of nitrogens with zero attached hydrogens (tertiary/aromatic N) is 1. The Morgan fingerprint density at radius 3 is 2.74 bits per heavy atom. The highest BCUT2D eigenvalue weighted by Crippen LogP contribution is 2.27. The number of rotatable bonds is 4. The first-order valence-corrected chi connectivity index (χ1v) is 8.27. The molecule has 0 radical (unpaired) electrons. The van der Waals surface area contributed by atoms with Gasteiger partial charge in [0.15, 0.2) is 0 Å². The van der Waals surface area contributed by atoms with Gasteiger partial charge in [0.2, 0.25) is 11.8 Å². The van der Waals surface area contributed by atoms with Crippen LogP contribution in [0.1, 0.15) is 44.3 Å². The molecule has 1 atom stereocenters. The van der Waals surface area contributed by atoms with Gasteiger partial charge in [0.05, 0.1) is 12.8 Å². The first-order chi connectivity index (χ1) is 11.1. The summed E-state index contributed by atoms with van der Waals surface area (Å²) in [7, 11) is 0. The third-order valence-corrected chi connectivity index (χ3v) is 4.75. The topological polar surface area (TPSA) is 79.6 Å². The van der Waals surface area contributed by atoms with Gasteiger partial charge in [-0.05, 0) is 37.8 Å². The summed E-state index contributed by atoms with van der Waals surface area (Å²) in [5.41, 5.74) is 0. The molecule has 6 nitrogen and oxygen atoms in total. The predicted octanol–water partition coefficient (Wildman–Crippen LogP) is 1.65. The zero-order valence-corrected chi connectivity index (χ0v) is 13.1. The van der Waals surface area contributed by atoms with E-state index in [1.165, 1.54) is 0 Å². The van der Waals surface area contributed by atoms with Crippen LogP contribution in [0.4, 0.5) is 0 Å². The summed E-state index contributed by atoms with van der Waals surface area (Å²) in [5, 5.41) is 2.84. The summed E-state index contributed by atoms with van der Waals surface area (Å²) in [6.07, 6.45) is 5.32. The smallest absolute Gasteiger partial charge is 0.243 e. The maximum atomic E-state index is 12.7. The fraction of sp³-hybridized carbons (Fsp3) is 0.588. The average molecular weight is 318 g/mol. The van der Waals surface area contributed by atoms with Crippen LogP contribution in [-0.4, -0.2) is 35.1 Å². The van der Waals surface area contributed by atoms with E-state index in [0.29, 0.717) is 51.0 Å². The number of amides is 2. The van der Waals surface area contributed by atoms with E-state index in [1.54, 1.807) is 23.3 Å². The molecule has 1 saturated heterocycles. The Morgan fingerprint density at radius 1 is 1.26 bits per heavy atom. The molecule has 0 spiro atoms. The van der Waals surface area contributed by atoms with Gasteiger partial charge in [-0.25, -0.2) is 0 Å². The summed E-state index contributed by atoms with van der Waals surface area (Å²) in [5.74, 6) is 0.738. The number of hydrogen-bond acceptors (Lipinski definition) is 4. The van der Waals surface area contributed by atoms with E-state index in [-0.39, 0.29) is 23.5 Å². The Balaban J connectivity index is 1.57. The molecule has 2 fully saturated rings. The Hall–Kier alpha value is -2.11. The van der Waals surface area contributed by atoms with Crippen LogP contribution in [0, 0.1) is 5.92 Å². The first-order valence-electron chi connectivity index (χ1n) is 8.27. The van der Waals surface area contributed by atoms with Crippen molar-refractivity contribution in [1.29, 1.82) is 0 Å². The van der Waals surface area contributed by atoms with Crippen LogP contribution in [0.3, 0.4) is 0 Å². The highest BCUT2D eigenvalue weighted by molar-refractivity contribution is 5.90. The lowest BCUT2D eigenvalue weighted by Crippen LogP contribution is -2.48. The molecule has 2 amide bonds. The summed E-state index contributed by atoms with van der Waals surface area (Å²) in [6.45, 7) is 0.963. The maximum absolute atomic E-state index is 12.7. The number of likely N-dealkylation sites (tertiary alicyclic amines) is 1. The molecule has 23 heavy (non-hydrogen) atoms. The predicted molar refractivity (Wildman–Crippen MR) is 82.3 cm³/mol. The second-order valence-electron chi connectivity index (χ2n) is 6.30. The first kappa shape index (κ1) is 15.8. The maximum Gasteiger partial charge on any atom is 0.243 e. The van der Waals surface area contributed by atoms with Gasteiger partial charge in [-0.1, -0.05) is 0 Å². The van der Waals surface area contributed by atoms with E-state index in [1.807, 2.05) is 0 Å². The second kappa shape index (κ2) is 6.98. The van der Waals surface area contributed by atoms with Crippen molar-refractivity contribution < 1.29 is 18.8 Å². The molecule has 2 aliphatic rings. The molecule has 1 N–H and O–H groups in total. The van der Waals surface area contributed by atoms with Crippen molar-refractivity contribution in [3.63, 3.8) is 0 Å². The Labute approximate surface area is 135 Å². The van der Waals surface area contributed by atoms with Crippen molar-refractivity contribution in [3.05, 3.63) is 24.2 Å². The third-order valence-electron chi connectivity index (χ3n) is 4.75. The molecule has 0 unspecified atom stereocenters. The molecule has 2 heterocycles. The van der Waals surface area contributed by atoms with Crippen LogP contribution in [0.5, 0.6) is 0 Å². The van der Waals surface area contributed by atoms with E-state index in [0.717, 1.165) is 6.42 Å². The number of hydrogen-bond donors (Lipinski definition) is 1. The van der Waals surface area contributed by atoms with E-state index < -0.39 is 6.04 Å². The van der Waals surface area contributed by atoms with Gasteiger partial charge in [0.1, 0.15) is 17.6 Å². The Morgan fingerprint density at radius 2 is 2.04 bits per heavy atom. The highest BCUT2D eigenvalue weighted by atomic mass is 16.3. The lowest BCUT2D eigenvalue weighted by Gasteiger charge is -2.29. The van der Waals surface area contributed by atoms with Crippen LogP contribution in [-0.2, 0) is 20.9 Å². The molecule has 1 aromatic heterocycles. The lowest BCUT2D eigenvalue weighted by atomic mass is 9.87. The molecule has 1 aromatic rings. The van der Waals surface area contributed by atoms with Crippen LogP contribution >= 0.6 is 0 Å². The van der Waals surface area contributed by atoms with E-state index in [9.17, 15) is 14.4 Å². The average Bonchev–Trinajstić information content (AvgIpc) is 3.24. The van der Waals surface area contributed by atoms with Gasteiger partial charge in [0, 0.05) is 25.3 Å². The van der Waals surface area contributed by atoms with Gasteiger partial charge in [-0.15, -0.1) is 0 Å². The van der Waals surface area contributed by atoms with Gasteiger partial charge >= 0.3 is 0 Å². The minimum atomic E-state index is -0.393. The van der Waals surface area contributed by atoms with Crippen LogP contribution in [0.2, 0.25) is 0 Å². The fourth-order valence-corrected chi connectivity index (χ4v) is 3.43. The molecule has 1 aliphatic carbocycles. The molecular weight excluding hydrogens is 296 g/mol. The lowest BCUT2D eigenvalue weighted by molar-refractivity contribution is -0.143. The number of ketones is 1. The SMILES string of the molecule is O=C1CCC(C(=O)N2CCC[C@H]2C(=O)NCc2ccco2)CC1.